The molecule has 0 saturated carbocycles. The van der Waals surface area contributed by atoms with Gasteiger partial charge < -0.3 is 9.72 Å². The van der Waals surface area contributed by atoms with Crippen LogP contribution in [0.1, 0.15) is 21.7 Å². The summed E-state index contributed by atoms with van der Waals surface area (Å²) in [6.07, 6.45) is 3.27. The van der Waals surface area contributed by atoms with Crippen LogP contribution in [0.2, 0.25) is 5.02 Å². The molecule has 0 fully saturated rings. The van der Waals surface area contributed by atoms with Crippen molar-refractivity contribution in [1.29, 1.82) is 0 Å². The fraction of sp³-hybridized carbons (Fsp3) is 0.0435. The summed E-state index contributed by atoms with van der Waals surface area (Å²) in [6, 6.07) is 22.7. The zero-order chi connectivity index (χ0) is 19.3. The minimum Gasteiger partial charge on any atom is -0.489 e. The second-order valence-electron chi connectivity index (χ2n) is 6.25. The smallest absolute Gasteiger partial charge is 0.221 e. The summed E-state index contributed by atoms with van der Waals surface area (Å²) in [5.41, 5.74) is 3.46. The number of rotatable bonds is 6. The standard InChI is InChI=1S/C23H17ClN2O2/c24-19-6-2-1-5-17(19)15-28-18-12-9-16(10-13-18)11-14-22(27)23-25-20-7-3-4-8-21(20)26-23/h1-14H,15H2,(H,25,26)/b14-11+. The number of para-hydroxylation sites is 2. The number of nitrogens with one attached hydrogen (secondary N) is 1. The molecule has 0 atom stereocenters. The topological polar surface area (TPSA) is 55.0 Å². The van der Waals surface area contributed by atoms with E-state index >= 15 is 0 Å². The molecular weight excluding hydrogens is 372 g/mol. The minimum absolute atomic E-state index is 0.171. The van der Waals surface area contributed by atoms with Crippen molar-refractivity contribution < 1.29 is 9.53 Å². The predicted molar refractivity (Wildman–Crippen MR) is 112 cm³/mol. The maximum absolute atomic E-state index is 12.3. The first-order valence-corrected chi connectivity index (χ1v) is 9.20. The van der Waals surface area contributed by atoms with Crippen LogP contribution in [0.25, 0.3) is 17.1 Å². The van der Waals surface area contributed by atoms with Crippen molar-refractivity contribution >= 4 is 34.5 Å². The fourth-order valence-corrected chi connectivity index (χ4v) is 2.96. The van der Waals surface area contributed by atoms with Gasteiger partial charge in [0, 0.05) is 10.6 Å². The van der Waals surface area contributed by atoms with Gasteiger partial charge >= 0.3 is 0 Å². The van der Waals surface area contributed by atoms with Gasteiger partial charge in [0.2, 0.25) is 5.78 Å². The van der Waals surface area contributed by atoms with Crippen molar-refractivity contribution in [2.45, 2.75) is 6.61 Å². The summed E-state index contributed by atoms with van der Waals surface area (Å²) < 4.78 is 5.77. The zero-order valence-corrected chi connectivity index (χ0v) is 15.7. The van der Waals surface area contributed by atoms with Gasteiger partial charge in [-0.2, -0.15) is 0 Å². The molecule has 1 N–H and O–H groups in total. The van der Waals surface area contributed by atoms with Crippen molar-refractivity contribution in [2.75, 3.05) is 0 Å². The molecule has 0 radical (unpaired) electrons. The Balaban J connectivity index is 1.39. The van der Waals surface area contributed by atoms with E-state index in [1.807, 2.05) is 72.8 Å². The highest BCUT2D eigenvalue weighted by molar-refractivity contribution is 6.31. The summed E-state index contributed by atoms with van der Waals surface area (Å²) >= 11 is 6.13. The first-order valence-electron chi connectivity index (χ1n) is 8.82. The van der Waals surface area contributed by atoms with E-state index in [4.69, 9.17) is 16.3 Å². The second-order valence-corrected chi connectivity index (χ2v) is 6.66. The lowest BCUT2D eigenvalue weighted by Crippen LogP contribution is -1.97. The number of fused-ring (bicyclic) bond motifs is 1. The molecule has 0 aliphatic carbocycles. The molecule has 0 saturated heterocycles. The molecule has 0 unspecified atom stereocenters. The summed E-state index contributed by atoms with van der Waals surface area (Å²) in [7, 11) is 0. The Morgan fingerprint density at radius 1 is 1.00 bits per heavy atom. The first kappa shape index (κ1) is 18.0. The van der Waals surface area contributed by atoms with E-state index in [9.17, 15) is 4.79 Å². The van der Waals surface area contributed by atoms with Crippen molar-refractivity contribution in [1.82, 2.24) is 9.97 Å². The average molecular weight is 389 g/mol. The van der Waals surface area contributed by atoms with Gasteiger partial charge in [-0.25, -0.2) is 4.98 Å². The number of aromatic amines is 1. The van der Waals surface area contributed by atoms with Gasteiger partial charge in [0.15, 0.2) is 5.82 Å². The molecule has 0 bridgehead atoms. The number of hydrogen-bond donors (Lipinski definition) is 1. The minimum atomic E-state index is -0.171. The lowest BCUT2D eigenvalue weighted by Gasteiger charge is -2.07. The maximum atomic E-state index is 12.3. The number of hydrogen-bond acceptors (Lipinski definition) is 3. The Hall–Kier alpha value is -3.37. The van der Waals surface area contributed by atoms with Crippen LogP contribution in [0.3, 0.4) is 0 Å². The number of allylic oxidation sites excluding steroid dienone is 1. The summed E-state index contributed by atoms with van der Waals surface area (Å²) in [5.74, 6) is 0.896. The van der Waals surface area contributed by atoms with Gasteiger partial charge in [-0.15, -0.1) is 0 Å². The molecule has 4 aromatic rings. The number of ether oxygens (including phenoxy) is 1. The third kappa shape index (κ3) is 4.13. The first-order chi connectivity index (χ1) is 13.7. The molecule has 1 aromatic heterocycles. The van der Waals surface area contributed by atoms with Crippen molar-refractivity contribution in [3.63, 3.8) is 0 Å². The molecule has 0 spiro atoms. The zero-order valence-electron chi connectivity index (χ0n) is 14.9. The van der Waals surface area contributed by atoms with Crippen molar-refractivity contribution in [2.24, 2.45) is 0 Å². The third-order valence-electron chi connectivity index (χ3n) is 4.28. The number of benzene rings is 3. The Bertz CT molecular complexity index is 1110. The van der Waals surface area contributed by atoms with Crippen molar-refractivity contribution in [3.8, 4) is 5.75 Å². The molecule has 0 aliphatic rings. The number of imidazole rings is 1. The SMILES string of the molecule is O=C(/C=C/c1ccc(OCc2ccccc2Cl)cc1)c1nc2ccccc2[nH]1. The van der Waals surface area contributed by atoms with Crippen LogP contribution in [0.15, 0.2) is 78.9 Å². The van der Waals surface area contributed by atoms with Gasteiger partial charge in [0.1, 0.15) is 12.4 Å². The largest absolute Gasteiger partial charge is 0.489 e. The molecule has 5 heteroatoms. The van der Waals surface area contributed by atoms with E-state index in [0.29, 0.717) is 17.5 Å². The molecule has 0 aliphatic heterocycles. The quantitative estimate of drug-likeness (QED) is 0.341. The Morgan fingerprint density at radius 2 is 1.75 bits per heavy atom. The lowest BCUT2D eigenvalue weighted by atomic mass is 10.2. The van der Waals surface area contributed by atoms with Crippen LogP contribution >= 0.6 is 11.6 Å². The molecule has 1 heterocycles. The van der Waals surface area contributed by atoms with E-state index in [0.717, 1.165) is 27.9 Å². The molecular formula is C23H17ClN2O2. The van der Waals surface area contributed by atoms with Crippen LogP contribution in [-0.4, -0.2) is 15.8 Å². The van der Waals surface area contributed by atoms with E-state index in [-0.39, 0.29) is 5.78 Å². The lowest BCUT2D eigenvalue weighted by molar-refractivity contribution is 0.103. The van der Waals surface area contributed by atoms with Crippen LogP contribution in [0, 0.1) is 0 Å². The Morgan fingerprint density at radius 3 is 2.54 bits per heavy atom. The summed E-state index contributed by atoms with van der Waals surface area (Å²) in [5, 5.41) is 0.686. The van der Waals surface area contributed by atoms with Crippen LogP contribution in [0.5, 0.6) is 5.75 Å². The number of nitrogens with zero attached hydrogens (tertiary/aromatic N) is 1. The number of H-pyrrole nitrogens is 1. The highest BCUT2D eigenvalue weighted by atomic mass is 35.5. The number of carbonyl (C=O) groups is 1. The van der Waals surface area contributed by atoms with Gasteiger partial charge in [-0.05, 0) is 42.0 Å². The molecule has 3 aromatic carbocycles. The van der Waals surface area contributed by atoms with Crippen LogP contribution < -0.4 is 4.74 Å². The molecule has 0 amide bonds. The highest BCUT2D eigenvalue weighted by Crippen LogP contribution is 2.19. The van der Waals surface area contributed by atoms with Crippen LogP contribution in [-0.2, 0) is 6.61 Å². The fourth-order valence-electron chi connectivity index (χ4n) is 2.77. The van der Waals surface area contributed by atoms with Gasteiger partial charge in [0.25, 0.3) is 0 Å². The number of ketones is 1. The van der Waals surface area contributed by atoms with Gasteiger partial charge in [-0.1, -0.05) is 60.1 Å². The Kier molecular flexibility index (Phi) is 5.22. The third-order valence-corrected chi connectivity index (χ3v) is 4.65. The Labute approximate surface area is 167 Å². The molecule has 4 nitrogen and oxygen atoms in total. The molecule has 28 heavy (non-hydrogen) atoms. The normalized spacial score (nSPS) is 11.2. The van der Waals surface area contributed by atoms with Gasteiger partial charge in [0.05, 0.1) is 11.0 Å². The van der Waals surface area contributed by atoms with E-state index in [2.05, 4.69) is 9.97 Å². The second kappa shape index (κ2) is 8.11. The highest BCUT2D eigenvalue weighted by Gasteiger charge is 2.08. The van der Waals surface area contributed by atoms with E-state index in [1.54, 1.807) is 6.08 Å². The summed E-state index contributed by atoms with van der Waals surface area (Å²) in [4.78, 5) is 19.7. The molecule has 138 valence electrons. The number of carbonyl (C=O) groups excluding carboxylic acids is 1. The van der Waals surface area contributed by atoms with E-state index < -0.39 is 0 Å². The molecule has 4 rings (SSSR count). The van der Waals surface area contributed by atoms with E-state index in [1.165, 1.54) is 6.08 Å². The average Bonchev–Trinajstić information content (AvgIpc) is 3.17. The van der Waals surface area contributed by atoms with Crippen LogP contribution in [0.4, 0.5) is 0 Å². The van der Waals surface area contributed by atoms with Gasteiger partial charge in [-0.3, -0.25) is 4.79 Å². The number of halogens is 1. The monoisotopic (exact) mass is 388 g/mol. The summed E-state index contributed by atoms with van der Waals surface area (Å²) in [6.45, 7) is 0.402. The predicted octanol–water partition coefficient (Wildman–Crippen LogP) is 5.69. The number of aromatic nitrogens is 2. The van der Waals surface area contributed by atoms with Crippen molar-refractivity contribution in [3.05, 3.63) is 101 Å². The maximum Gasteiger partial charge on any atom is 0.221 e.